The molecule has 1 aliphatic heterocycles. The van der Waals surface area contributed by atoms with Crippen molar-refractivity contribution in [3.63, 3.8) is 0 Å². The predicted molar refractivity (Wildman–Crippen MR) is 69.9 cm³/mol. The van der Waals surface area contributed by atoms with Gasteiger partial charge in [-0.1, -0.05) is 6.92 Å². The lowest BCUT2D eigenvalue weighted by atomic mass is 10.0. The van der Waals surface area contributed by atoms with E-state index in [9.17, 15) is 4.79 Å². The quantitative estimate of drug-likeness (QED) is 0.845. The van der Waals surface area contributed by atoms with E-state index in [4.69, 9.17) is 0 Å². The molecule has 1 aliphatic rings. The monoisotopic (exact) mass is 250 g/mol. The van der Waals surface area contributed by atoms with Crippen LogP contribution in [0.2, 0.25) is 0 Å². The Bertz CT molecular complexity index is 401. The van der Waals surface area contributed by atoms with Gasteiger partial charge >= 0.3 is 0 Å². The molecule has 1 amide bonds. The fourth-order valence-electron chi connectivity index (χ4n) is 2.36. The fourth-order valence-corrected chi connectivity index (χ4v) is 2.36. The Morgan fingerprint density at radius 2 is 2.39 bits per heavy atom. The fraction of sp³-hybridized carbons (Fsp3) is 0.692. The molecule has 1 N–H and O–H groups in total. The van der Waals surface area contributed by atoms with Crippen molar-refractivity contribution >= 4 is 5.91 Å². The topological polar surface area (TPSA) is 50.2 Å². The highest BCUT2D eigenvalue weighted by Crippen LogP contribution is 2.14. The summed E-state index contributed by atoms with van der Waals surface area (Å²) >= 11 is 0. The van der Waals surface area contributed by atoms with E-state index < -0.39 is 0 Å². The van der Waals surface area contributed by atoms with Crippen LogP contribution in [0.25, 0.3) is 0 Å². The summed E-state index contributed by atoms with van der Waals surface area (Å²) in [6.07, 6.45) is 4.87. The van der Waals surface area contributed by atoms with Gasteiger partial charge in [-0.3, -0.25) is 9.48 Å². The molecule has 0 aromatic carbocycles. The van der Waals surface area contributed by atoms with E-state index >= 15 is 0 Å². The van der Waals surface area contributed by atoms with Crippen LogP contribution in [0.1, 0.15) is 31.9 Å². The molecule has 1 saturated heterocycles. The van der Waals surface area contributed by atoms with Crippen molar-refractivity contribution < 1.29 is 4.79 Å². The second kappa shape index (κ2) is 6.00. The third kappa shape index (κ3) is 2.90. The Hall–Kier alpha value is -1.36. The third-order valence-electron chi connectivity index (χ3n) is 3.45. The first-order valence-corrected chi connectivity index (χ1v) is 6.71. The van der Waals surface area contributed by atoms with Gasteiger partial charge in [-0.25, -0.2) is 0 Å². The van der Waals surface area contributed by atoms with Crippen molar-refractivity contribution in [1.82, 2.24) is 20.0 Å². The average Bonchev–Trinajstić information content (AvgIpc) is 2.76. The van der Waals surface area contributed by atoms with Crippen LogP contribution in [0.3, 0.4) is 0 Å². The highest BCUT2D eigenvalue weighted by atomic mass is 16.2. The molecule has 0 spiro atoms. The average molecular weight is 250 g/mol. The van der Waals surface area contributed by atoms with Crippen LogP contribution in [0, 0.1) is 0 Å². The van der Waals surface area contributed by atoms with Gasteiger partial charge in [-0.05, 0) is 31.9 Å². The minimum absolute atomic E-state index is 0.00641. The van der Waals surface area contributed by atoms with E-state index in [1.54, 1.807) is 6.20 Å². The lowest BCUT2D eigenvalue weighted by molar-refractivity contribution is -0.136. The summed E-state index contributed by atoms with van der Waals surface area (Å²) in [7, 11) is 1.91. The zero-order valence-corrected chi connectivity index (χ0v) is 11.2. The molecule has 18 heavy (non-hydrogen) atoms. The van der Waals surface area contributed by atoms with Crippen LogP contribution >= 0.6 is 0 Å². The minimum atomic E-state index is 0.00641. The van der Waals surface area contributed by atoms with Gasteiger partial charge < -0.3 is 10.2 Å². The Labute approximate surface area is 108 Å². The Morgan fingerprint density at radius 3 is 3.06 bits per heavy atom. The summed E-state index contributed by atoms with van der Waals surface area (Å²) in [5, 5.41) is 7.47. The second-order valence-electron chi connectivity index (χ2n) is 4.85. The van der Waals surface area contributed by atoms with E-state index in [0.717, 1.165) is 38.0 Å². The molecule has 0 radical (unpaired) electrons. The Balaban J connectivity index is 1.96. The minimum Gasteiger partial charge on any atom is -0.335 e. The molecule has 100 valence electrons. The van der Waals surface area contributed by atoms with Crippen LogP contribution in [0.5, 0.6) is 0 Å². The molecule has 0 saturated carbocycles. The van der Waals surface area contributed by atoms with Crippen molar-refractivity contribution in [1.29, 1.82) is 0 Å². The van der Waals surface area contributed by atoms with Crippen molar-refractivity contribution in [2.75, 3.05) is 13.1 Å². The predicted octanol–water partition coefficient (Wildman–Crippen LogP) is 0.911. The first-order chi connectivity index (χ1) is 8.72. The standard InChI is InChI=1S/C13H22N4O/c1-3-7-14-12-5-4-9-17(13(12)18)10-11-6-8-15-16(11)2/h6,8,12,14H,3-5,7,9-10H2,1-2H3. The number of nitrogens with zero attached hydrogens (tertiary/aromatic N) is 3. The van der Waals surface area contributed by atoms with E-state index in [0.29, 0.717) is 6.54 Å². The Morgan fingerprint density at radius 1 is 1.56 bits per heavy atom. The molecule has 2 rings (SSSR count). The number of hydrogen-bond acceptors (Lipinski definition) is 3. The molecule has 1 unspecified atom stereocenters. The maximum absolute atomic E-state index is 12.3. The molecular weight excluding hydrogens is 228 g/mol. The van der Waals surface area contributed by atoms with Gasteiger partial charge in [0.1, 0.15) is 0 Å². The van der Waals surface area contributed by atoms with E-state index in [-0.39, 0.29) is 11.9 Å². The summed E-state index contributed by atoms with van der Waals surface area (Å²) in [5.41, 5.74) is 1.08. The number of nitrogens with one attached hydrogen (secondary N) is 1. The zero-order chi connectivity index (χ0) is 13.0. The van der Waals surface area contributed by atoms with Gasteiger partial charge in [-0.15, -0.1) is 0 Å². The molecule has 5 nitrogen and oxygen atoms in total. The highest BCUT2D eigenvalue weighted by Gasteiger charge is 2.28. The van der Waals surface area contributed by atoms with Gasteiger partial charge in [0.25, 0.3) is 0 Å². The van der Waals surface area contributed by atoms with Crippen LogP contribution < -0.4 is 5.32 Å². The number of amides is 1. The van der Waals surface area contributed by atoms with Crippen LogP contribution in [-0.4, -0.2) is 39.7 Å². The zero-order valence-electron chi connectivity index (χ0n) is 11.2. The lowest BCUT2D eigenvalue weighted by Crippen LogP contribution is -2.50. The smallest absolute Gasteiger partial charge is 0.240 e. The molecule has 0 bridgehead atoms. The normalized spacial score (nSPS) is 20.4. The summed E-state index contributed by atoms with van der Waals surface area (Å²) in [6, 6.07) is 1.98. The van der Waals surface area contributed by atoms with Gasteiger partial charge in [0.2, 0.25) is 5.91 Å². The maximum Gasteiger partial charge on any atom is 0.240 e. The highest BCUT2D eigenvalue weighted by molar-refractivity contribution is 5.82. The molecule has 0 aliphatic carbocycles. The summed E-state index contributed by atoms with van der Waals surface area (Å²) in [6.45, 7) is 4.55. The van der Waals surface area contributed by atoms with Gasteiger partial charge in [0.05, 0.1) is 18.3 Å². The van der Waals surface area contributed by atoms with Crippen LogP contribution in [-0.2, 0) is 18.4 Å². The number of carbonyl (C=O) groups is 1. The summed E-state index contributed by atoms with van der Waals surface area (Å²) < 4.78 is 1.83. The third-order valence-corrected chi connectivity index (χ3v) is 3.45. The van der Waals surface area contributed by atoms with Gasteiger partial charge in [-0.2, -0.15) is 5.10 Å². The van der Waals surface area contributed by atoms with Gasteiger partial charge in [0.15, 0.2) is 0 Å². The van der Waals surface area contributed by atoms with Crippen molar-refractivity contribution in [2.45, 2.75) is 38.8 Å². The Kier molecular flexibility index (Phi) is 4.36. The summed E-state index contributed by atoms with van der Waals surface area (Å²) in [4.78, 5) is 14.2. The van der Waals surface area contributed by atoms with Crippen molar-refractivity contribution in [3.05, 3.63) is 18.0 Å². The largest absolute Gasteiger partial charge is 0.335 e. The van der Waals surface area contributed by atoms with Gasteiger partial charge in [0, 0.05) is 19.8 Å². The number of hydrogen-bond donors (Lipinski definition) is 1. The number of likely N-dealkylation sites (tertiary alicyclic amines) is 1. The van der Waals surface area contributed by atoms with Crippen molar-refractivity contribution in [3.8, 4) is 0 Å². The molecule has 5 heteroatoms. The lowest BCUT2D eigenvalue weighted by Gasteiger charge is -2.32. The molecule has 1 aromatic heterocycles. The van der Waals surface area contributed by atoms with Crippen LogP contribution in [0.15, 0.2) is 12.3 Å². The van der Waals surface area contributed by atoms with Crippen molar-refractivity contribution in [2.24, 2.45) is 7.05 Å². The molecule has 2 heterocycles. The number of piperidine rings is 1. The summed E-state index contributed by atoms with van der Waals surface area (Å²) in [5.74, 6) is 0.232. The van der Waals surface area contributed by atoms with Crippen LogP contribution in [0.4, 0.5) is 0 Å². The SMILES string of the molecule is CCCNC1CCCN(Cc2ccnn2C)C1=O. The molecular formula is C13H22N4O. The number of rotatable bonds is 5. The number of aromatic nitrogens is 2. The van der Waals surface area contributed by atoms with E-state index in [2.05, 4.69) is 17.3 Å². The second-order valence-corrected chi connectivity index (χ2v) is 4.85. The first-order valence-electron chi connectivity index (χ1n) is 6.71. The molecule has 1 aromatic rings. The van der Waals surface area contributed by atoms with E-state index in [1.807, 2.05) is 22.7 Å². The number of aryl methyl sites for hydroxylation is 1. The van der Waals surface area contributed by atoms with E-state index in [1.165, 1.54) is 0 Å². The first kappa shape index (κ1) is 13.1. The molecule has 1 atom stereocenters. The molecule has 1 fully saturated rings. The maximum atomic E-state index is 12.3. The number of carbonyl (C=O) groups excluding carboxylic acids is 1.